The number of amides is 1. The molecular formula is C14H14N2O. The minimum absolute atomic E-state index is 0.0710. The number of carbonyl (C=O) groups excluding carboxylic acids is 1. The summed E-state index contributed by atoms with van der Waals surface area (Å²) in [7, 11) is 0. The molecular weight excluding hydrogens is 212 g/mol. The maximum atomic E-state index is 12.2. The molecule has 0 fully saturated rings. The number of nitrogens with one attached hydrogen (secondary N) is 1. The zero-order chi connectivity index (χ0) is 12.3. The van der Waals surface area contributed by atoms with Gasteiger partial charge in [-0.1, -0.05) is 30.4 Å². The molecule has 1 aromatic rings. The van der Waals surface area contributed by atoms with Gasteiger partial charge in [-0.15, -0.1) is 0 Å². The van der Waals surface area contributed by atoms with Crippen molar-refractivity contribution >= 4 is 11.6 Å². The lowest BCUT2D eigenvalue weighted by molar-refractivity contribution is -0.120. The zero-order valence-electron chi connectivity index (χ0n) is 9.73. The van der Waals surface area contributed by atoms with Crippen LogP contribution < -0.4 is 5.32 Å². The molecule has 0 aliphatic carbocycles. The van der Waals surface area contributed by atoms with Crippen molar-refractivity contribution < 1.29 is 4.79 Å². The first kappa shape index (κ1) is 11.4. The number of allylic oxidation sites excluding steroid dienone is 2. The van der Waals surface area contributed by atoms with E-state index in [2.05, 4.69) is 11.4 Å². The summed E-state index contributed by atoms with van der Waals surface area (Å²) in [5, 5.41) is 11.8. The lowest BCUT2D eigenvalue weighted by Gasteiger charge is -2.22. The number of nitrogens with zero attached hydrogens (tertiary/aromatic N) is 1. The molecule has 1 amide bonds. The molecule has 17 heavy (non-hydrogen) atoms. The number of fused-ring (bicyclic) bond motifs is 1. The Bertz CT molecular complexity index is 513. The predicted octanol–water partition coefficient (Wildman–Crippen LogP) is 2.76. The summed E-state index contributed by atoms with van der Waals surface area (Å²) in [4.78, 5) is 12.2. The number of hydrogen-bond donors (Lipinski definition) is 1. The topological polar surface area (TPSA) is 52.9 Å². The van der Waals surface area contributed by atoms with Crippen molar-refractivity contribution in [2.45, 2.75) is 25.2 Å². The van der Waals surface area contributed by atoms with Crippen LogP contribution in [0.4, 0.5) is 5.69 Å². The number of para-hydroxylation sites is 1. The van der Waals surface area contributed by atoms with Crippen LogP contribution >= 0.6 is 0 Å². The summed E-state index contributed by atoms with van der Waals surface area (Å²) in [5.41, 5.74) is 1.06. The Hall–Kier alpha value is -2.08. The van der Waals surface area contributed by atoms with Crippen LogP contribution in [0.25, 0.3) is 0 Å². The summed E-state index contributed by atoms with van der Waals surface area (Å²) in [6.07, 6.45) is 4.63. The Labute approximate surface area is 101 Å². The third kappa shape index (κ3) is 1.72. The van der Waals surface area contributed by atoms with Gasteiger partial charge in [0, 0.05) is 5.69 Å². The van der Waals surface area contributed by atoms with E-state index in [-0.39, 0.29) is 12.3 Å². The highest BCUT2D eigenvalue weighted by molar-refractivity contribution is 6.06. The molecule has 0 spiro atoms. The quantitative estimate of drug-likeness (QED) is 0.806. The Morgan fingerprint density at radius 2 is 2.24 bits per heavy atom. The van der Waals surface area contributed by atoms with Crippen molar-refractivity contribution in [2.24, 2.45) is 0 Å². The number of anilines is 1. The number of rotatable bonds is 3. The van der Waals surface area contributed by atoms with Crippen LogP contribution in [-0.2, 0) is 10.2 Å². The van der Waals surface area contributed by atoms with Crippen LogP contribution in [-0.4, -0.2) is 5.91 Å². The molecule has 0 aromatic heterocycles. The Balaban J connectivity index is 2.52. The summed E-state index contributed by atoms with van der Waals surface area (Å²) < 4.78 is 0. The van der Waals surface area contributed by atoms with E-state index >= 15 is 0 Å². The normalized spacial score (nSPS) is 22.2. The van der Waals surface area contributed by atoms with Gasteiger partial charge in [0.25, 0.3) is 0 Å². The third-order valence-electron chi connectivity index (χ3n) is 3.21. The van der Waals surface area contributed by atoms with E-state index in [1.54, 1.807) is 0 Å². The molecule has 1 atom stereocenters. The van der Waals surface area contributed by atoms with Crippen LogP contribution in [0.2, 0.25) is 0 Å². The number of hydrogen-bond acceptors (Lipinski definition) is 2. The molecule has 1 aliphatic rings. The smallest absolute Gasteiger partial charge is 0.236 e. The summed E-state index contributed by atoms with van der Waals surface area (Å²) in [6, 6.07) is 9.73. The average molecular weight is 226 g/mol. The molecule has 3 nitrogen and oxygen atoms in total. The lowest BCUT2D eigenvalue weighted by Crippen LogP contribution is -2.33. The molecule has 0 bridgehead atoms. The van der Waals surface area contributed by atoms with Crippen molar-refractivity contribution in [3.63, 3.8) is 0 Å². The lowest BCUT2D eigenvalue weighted by atomic mass is 9.76. The Morgan fingerprint density at radius 3 is 2.94 bits per heavy atom. The highest BCUT2D eigenvalue weighted by Crippen LogP contribution is 2.42. The Kier molecular flexibility index (Phi) is 2.97. The van der Waals surface area contributed by atoms with Crippen molar-refractivity contribution in [2.75, 3.05) is 5.32 Å². The molecule has 0 saturated carbocycles. The molecule has 1 heterocycles. The highest BCUT2D eigenvalue weighted by Gasteiger charge is 2.45. The third-order valence-corrected chi connectivity index (χ3v) is 3.21. The molecule has 1 aliphatic heterocycles. The van der Waals surface area contributed by atoms with Gasteiger partial charge < -0.3 is 5.32 Å². The molecule has 0 saturated heterocycles. The molecule has 1 N–H and O–H groups in total. The molecule has 1 aromatic carbocycles. The molecule has 1 unspecified atom stereocenters. The minimum atomic E-state index is -0.710. The van der Waals surface area contributed by atoms with E-state index in [1.165, 1.54) is 0 Å². The molecule has 2 rings (SSSR count). The average Bonchev–Trinajstić information content (AvgIpc) is 2.61. The second kappa shape index (κ2) is 4.42. The van der Waals surface area contributed by atoms with Crippen LogP contribution in [0.15, 0.2) is 36.4 Å². The van der Waals surface area contributed by atoms with E-state index in [0.29, 0.717) is 6.42 Å². The molecule has 86 valence electrons. The summed E-state index contributed by atoms with van der Waals surface area (Å²) in [6.45, 7) is 1.92. The van der Waals surface area contributed by atoms with Crippen LogP contribution in [0.1, 0.15) is 25.3 Å². The van der Waals surface area contributed by atoms with Gasteiger partial charge in [-0.2, -0.15) is 5.26 Å². The van der Waals surface area contributed by atoms with E-state index < -0.39 is 5.41 Å². The van der Waals surface area contributed by atoms with Crippen LogP contribution in [0.3, 0.4) is 0 Å². The minimum Gasteiger partial charge on any atom is -0.325 e. The van der Waals surface area contributed by atoms with Crippen molar-refractivity contribution in [1.29, 1.82) is 5.26 Å². The Morgan fingerprint density at radius 1 is 1.47 bits per heavy atom. The van der Waals surface area contributed by atoms with Crippen LogP contribution in [0.5, 0.6) is 0 Å². The first-order valence-corrected chi connectivity index (χ1v) is 5.63. The van der Waals surface area contributed by atoms with Gasteiger partial charge in [0.1, 0.15) is 0 Å². The van der Waals surface area contributed by atoms with Crippen molar-refractivity contribution in [3.8, 4) is 6.07 Å². The van der Waals surface area contributed by atoms with Crippen LogP contribution in [0, 0.1) is 11.3 Å². The van der Waals surface area contributed by atoms with Gasteiger partial charge in [0.15, 0.2) is 0 Å². The summed E-state index contributed by atoms with van der Waals surface area (Å²) >= 11 is 0. The zero-order valence-corrected chi connectivity index (χ0v) is 9.73. The van der Waals surface area contributed by atoms with E-state index in [0.717, 1.165) is 11.3 Å². The number of benzene rings is 1. The molecule has 3 heteroatoms. The van der Waals surface area contributed by atoms with Gasteiger partial charge in [-0.05, 0) is 25.0 Å². The summed E-state index contributed by atoms with van der Waals surface area (Å²) in [5.74, 6) is -0.0710. The maximum Gasteiger partial charge on any atom is 0.236 e. The van der Waals surface area contributed by atoms with Crippen molar-refractivity contribution in [3.05, 3.63) is 42.0 Å². The predicted molar refractivity (Wildman–Crippen MR) is 66.4 cm³/mol. The SMILES string of the molecule is C/C=C/CC1(CC#N)C(=O)Nc2ccccc21. The van der Waals surface area contributed by atoms with Gasteiger partial charge in [-0.25, -0.2) is 0 Å². The largest absolute Gasteiger partial charge is 0.325 e. The number of nitriles is 1. The molecule has 0 radical (unpaired) electrons. The fourth-order valence-corrected chi connectivity index (χ4v) is 2.28. The van der Waals surface area contributed by atoms with Gasteiger partial charge >= 0.3 is 0 Å². The maximum absolute atomic E-state index is 12.2. The van der Waals surface area contributed by atoms with Crippen molar-refractivity contribution in [1.82, 2.24) is 0 Å². The first-order chi connectivity index (χ1) is 8.24. The number of carbonyl (C=O) groups is 1. The fraction of sp³-hybridized carbons (Fsp3) is 0.286. The van der Waals surface area contributed by atoms with E-state index in [1.807, 2.05) is 43.3 Å². The monoisotopic (exact) mass is 226 g/mol. The first-order valence-electron chi connectivity index (χ1n) is 5.63. The van der Waals surface area contributed by atoms with Gasteiger partial charge in [-0.3, -0.25) is 4.79 Å². The van der Waals surface area contributed by atoms with Gasteiger partial charge in [0.05, 0.1) is 17.9 Å². The standard InChI is InChI=1S/C14H14N2O/c1-2-3-8-14(9-10-15)11-6-4-5-7-12(11)16-13(14)17/h2-7H,8-9H2,1H3,(H,16,17)/b3-2+. The van der Waals surface area contributed by atoms with E-state index in [9.17, 15) is 4.79 Å². The van der Waals surface area contributed by atoms with Gasteiger partial charge in [0.2, 0.25) is 5.91 Å². The second-order valence-electron chi connectivity index (χ2n) is 4.19. The second-order valence-corrected chi connectivity index (χ2v) is 4.19. The fourth-order valence-electron chi connectivity index (χ4n) is 2.28. The highest BCUT2D eigenvalue weighted by atomic mass is 16.2. The van der Waals surface area contributed by atoms with E-state index in [4.69, 9.17) is 5.26 Å².